The van der Waals surface area contributed by atoms with E-state index in [0.717, 1.165) is 31.7 Å². The van der Waals surface area contributed by atoms with Gasteiger partial charge in [0.05, 0.1) is 6.04 Å². The summed E-state index contributed by atoms with van der Waals surface area (Å²) in [4.78, 5) is 16.3. The van der Waals surface area contributed by atoms with Crippen LogP contribution in [-0.4, -0.2) is 55.4 Å². The minimum Gasteiger partial charge on any atom is -0.306 e. The summed E-state index contributed by atoms with van der Waals surface area (Å²) >= 11 is 0. The van der Waals surface area contributed by atoms with E-state index in [1.807, 2.05) is 0 Å². The Balaban J connectivity index is 1.81. The molecule has 1 saturated heterocycles. The minimum absolute atomic E-state index is 0.232. The molecule has 0 aromatic rings. The van der Waals surface area contributed by atoms with E-state index >= 15 is 0 Å². The molecule has 2 rings (SSSR count). The van der Waals surface area contributed by atoms with Gasteiger partial charge >= 0.3 is 0 Å². The topological polar surface area (TPSA) is 23.6 Å². The van der Waals surface area contributed by atoms with Crippen molar-refractivity contribution in [3.05, 3.63) is 0 Å². The zero-order valence-electron chi connectivity index (χ0n) is 9.91. The minimum atomic E-state index is 0.232. The molecular formula is C12H22N2O. The van der Waals surface area contributed by atoms with Crippen molar-refractivity contribution in [1.82, 2.24) is 9.80 Å². The third-order valence-corrected chi connectivity index (χ3v) is 3.84. The van der Waals surface area contributed by atoms with Gasteiger partial charge in [0.25, 0.3) is 0 Å². The molecular weight excluding hydrogens is 188 g/mol. The molecule has 2 unspecified atom stereocenters. The van der Waals surface area contributed by atoms with E-state index in [-0.39, 0.29) is 6.04 Å². The van der Waals surface area contributed by atoms with Gasteiger partial charge in [0.2, 0.25) is 0 Å². The van der Waals surface area contributed by atoms with Gasteiger partial charge in [-0.1, -0.05) is 0 Å². The molecule has 3 heteroatoms. The summed E-state index contributed by atoms with van der Waals surface area (Å²) in [5, 5.41) is 0. The number of ketones is 1. The third-order valence-electron chi connectivity index (χ3n) is 3.84. The Morgan fingerprint density at radius 1 is 1.47 bits per heavy atom. The number of nitrogens with zero attached hydrogens (tertiary/aromatic N) is 2. The van der Waals surface area contributed by atoms with Gasteiger partial charge in [-0.2, -0.15) is 0 Å². The van der Waals surface area contributed by atoms with Crippen molar-refractivity contribution in [1.29, 1.82) is 0 Å². The first-order valence-electron chi connectivity index (χ1n) is 6.08. The van der Waals surface area contributed by atoms with Crippen molar-refractivity contribution in [3.63, 3.8) is 0 Å². The van der Waals surface area contributed by atoms with Crippen molar-refractivity contribution in [2.24, 2.45) is 5.92 Å². The number of rotatable bonds is 3. The lowest BCUT2D eigenvalue weighted by Gasteiger charge is -2.25. The van der Waals surface area contributed by atoms with Crippen LogP contribution in [0.5, 0.6) is 0 Å². The fraction of sp³-hybridized carbons (Fsp3) is 0.917. The number of carbonyl (C=O) groups excluding carboxylic acids is 1. The van der Waals surface area contributed by atoms with Crippen molar-refractivity contribution >= 4 is 5.78 Å². The fourth-order valence-electron chi connectivity index (χ4n) is 2.97. The zero-order valence-corrected chi connectivity index (χ0v) is 9.91. The van der Waals surface area contributed by atoms with Crippen molar-refractivity contribution in [3.8, 4) is 0 Å². The van der Waals surface area contributed by atoms with Crippen LogP contribution in [-0.2, 0) is 4.79 Å². The highest BCUT2D eigenvalue weighted by atomic mass is 16.1. The third kappa shape index (κ3) is 2.58. The van der Waals surface area contributed by atoms with Crippen molar-refractivity contribution in [2.75, 3.05) is 33.7 Å². The van der Waals surface area contributed by atoms with E-state index in [1.165, 1.54) is 19.5 Å². The first-order valence-corrected chi connectivity index (χ1v) is 6.08. The molecule has 3 nitrogen and oxygen atoms in total. The lowest BCUT2D eigenvalue weighted by Crippen LogP contribution is -2.38. The molecule has 0 bridgehead atoms. The summed E-state index contributed by atoms with van der Waals surface area (Å²) in [5.74, 6) is 1.23. The summed E-state index contributed by atoms with van der Waals surface area (Å²) in [7, 11) is 4.30. The lowest BCUT2D eigenvalue weighted by atomic mass is 10.1. The number of carbonyl (C=O) groups is 1. The van der Waals surface area contributed by atoms with Crippen LogP contribution in [0.4, 0.5) is 0 Å². The molecule has 0 spiro atoms. The second-order valence-corrected chi connectivity index (χ2v) is 5.23. The molecule has 0 aromatic carbocycles. The molecule has 2 fully saturated rings. The number of hydrogen-bond acceptors (Lipinski definition) is 3. The van der Waals surface area contributed by atoms with Crippen molar-refractivity contribution < 1.29 is 4.79 Å². The quantitative estimate of drug-likeness (QED) is 0.694. The molecule has 1 aliphatic carbocycles. The molecule has 15 heavy (non-hydrogen) atoms. The highest BCUT2D eigenvalue weighted by Gasteiger charge is 2.30. The summed E-state index contributed by atoms with van der Waals surface area (Å²) < 4.78 is 0. The highest BCUT2D eigenvalue weighted by Crippen LogP contribution is 2.22. The normalized spacial score (nSPS) is 33.1. The van der Waals surface area contributed by atoms with E-state index in [9.17, 15) is 4.79 Å². The van der Waals surface area contributed by atoms with Crippen LogP contribution in [0, 0.1) is 5.92 Å². The van der Waals surface area contributed by atoms with Crippen LogP contribution >= 0.6 is 0 Å². The predicted octanol–water partition coefficient (Wildman–Crippen LogP) is 0.991. The summed E-state index contributed by atoms with van der Waals surface area (Å²) in [6.07, 6.45) is 4.28. The van der Waals surface area contributed by atoms with Gasteiger partial charge in [-0.05, 0) is 45.8 Å². The summed E-state index contributed by atoms with van der Waals surface area (Å²) in [6.45, 7) is 3.52. The van der Waals surface area contributed by atoms with Crippen LogP contribution < -0.4 is 0 Å². The number of Topliss-reactive ketones (excluding diaryl/α,β-unsaturated/α-hetero) is 1. The van der Waals surface area contributed by atoms with Gasteiger partial charge in [-0.15, -0.1) is 0 Å². The number of likely N-dealkylation sites (tertiary alicyclic amines) is 1. The maximum Gasteiger partial charge on any atom is 0.149 e. The van der Waals surface area contributed by atoms with Gasteiger partial charge in [0.15, 0.2) is 0 Å². The van der Waals surface area contributed by atoms with Gasteiger partial charge < -0.3 is 4.90 Å². The van der Waals surface area contributed by atoms with Crippen molar-refractivity contribution in [2.45, 2.75) is 31.7 Å². The summed E-state index contributed by atoms with van der Waals surface area (Å²) in [6, 6.07) is 0.232. The van der Waals surface area contributed by atoms with Gasteiger partial charge in [-0.3, -0.25) is 9.69 Å². The summed E-state index contributed by atoms with van der Waals surface area (Å²) in [5.41, 5.74) is 0. The average molecular weight is 210 g/mol. The first-order chi connectivity index (χ1) is 7.16. The monoisotopic (exact) mass is 210 g/mol. The Bertz CT molecular complexity index is 242. The number of likely N-dealkylation sites (N-methyl/N-ethyl adjacent to an activating group) is 1. The van der Waals surface area contributed by atoms with Crippen LogP contribution in [0.1, 0.15) is 25.7 Å². The molecule has 1 aliphatic heterocycles. The highest BCUT2D eigenvalue weighted by molar-refractivity contribution is 5.85. The largest absolute Gasteiger partial charge is 0.306 e. The molecule has 0 radical (unpaired) electrons. The smallest absolute Gasteiger partial charge is 0.149 e. The van der Waals surface area contributed by atoms with E-state index in [0.29, 0.717) is 5.78 Å². The van der Waals surface area contributed by atoms with Crippen LogP contribution in [0.25, 0.3) is 0 Å². The molecule has 2 aliphatic rings. The molecule has 0 amide bonds. The Labute approximate surface area is 92.4 Å². The molecule has 2 atom stereocenters. The molecule has 1 heterocycles. The van der Waals surface area contributed by atoms with Gasteiger partial charge in [-0.25, -0.2) is 0 Å². The van der Waals surface area contributed by atoms with Crippen LogP contribution in [0.3, 0.4) is 0 Å². The molecule has 86 valence electrons. The van der Waals surface area contributed by atoms with Crippen LogP contribution in [0.15, 0.2) is 0 Å². The van der Waals surface area contributed by atoms with Crippen LogP contribution in [0.2, 0.25) is 0 Å². The standard InChI is InChI=1S/C12H22N2O/c1-13-7-6-10(8-13)9-14(2)11-4-3-5-12(11)15/h10-11H,3-9H2,1-2H3. The Kier molecular flexibility index (Phi) is 3.42. The zero-order chi connectivity index (χ0) is 10.8. The maximum atomic E-state index is 11.6. The Morgan fingerprint density at radius 3 is 2.80 bits per heavy atom. The molecule has 0 aromatic heterocycles. The maximum absolute atomic E-state index is 11.6. The number of hydrogen-bond donors (Lipinski definition) is 0. The van der Waals surface area contributed by atoms with E-state index in [2.05, 4.69) is 23.9 Å². The first kappa shape index (κ1) is 11.1. The predicted molar refractivity (Wildman–Crippen MR) is 60.9 cm³/mol. The van der Waals surface area contributed by atoms with Gasteiger partial charge in [0.1, 0.15) is 5.78 Å². The van der Waals surface area contributed by atoms with E-state index < -0.39 is 0 Å². The molecule has 0 N–H and O–H groups in total. The Morgan fingerprint density at radius 2 is 2.27 bits per heavy atom. The van der Waals surface area contributed by atoms with E-state index in [4.69, 9.17) is 0 Å². The second-order valence-electron chi connectivity index (χ2n) is 5.23. The Hall–Kier alpha value is -0.410. The van der Waals surface area contributed by atoms with Gasteiger partial charge in [0, 0.05) is 19.5 Å². The second kappa shape index (κ2) is 4.62. The average Bonchev–Trinajstić information content (AvgIpc) is 2.75. The SMILES string of the molecule is CN1CCC(CN(C)C2CCCC2=O)C1. The fourth-order valence-corrected chi connectivity index (χ4v) is 2.97. The van der Waals surface area contributed by atoms with E-state index in [1.54, 1.807) is 0 Å². The lowest BCUT2D eigenvalue weighted by molar-refractivity contribution is -0.121. The molecule has 1 saturated carbocycles.